The van der Waals surface area contributed by atoms with Gasteiger partial charge in [-0.25, -0.2) is 4.98 Å². The summed E-state index contributed by atoms with van der Waals surface area (Å²) in [7, 11) is 0. The average molecular weight is 356 g/mol. The van der Waals surface area contributed by atoms with Gasteiger partial charge in [0, 0.05) is 24.7 Å². The van der Waals surface area contributed by atoms with Gasteiger partial charge in [0.15, 0.2) is 0 Å². The summed E-state index contributed by atoms with van der Waals surface area (Å²) in [4.78, 5) is 35.6. The SMILES string of the molecule is Cc1nc2ncc(C(=O)N3CCCC3c3cc(C(C)C)on3)c(=O)n2[nH]1. The van der Waals surface area contributed by atoms with Crippen LogP contribution in [0.3, 0.4) is 0 Å². The number of hydrogen-bond donors (Lipinski definition) is 1. The molecule has 1 N–H and O–H groups in total. The monoisotopic (exact) mass is 356 g/mol. The number of hydrogen-bond acceptors (Lipinski definition) is 6. The zero-order chi connectivity index (χ0) is 18.4. The molecular formula is C17H20N6O3. The van der Waals surface area contributed by atoms with Crippen molar-refractivity contribution in [1.29, 1.82) is 0 Å². The molecule has 0 aliphatic carbocycles. The first-order valence-electron chi connectivity index (χ1n) is 8.67. The first-order chi connectivity index (χ1) is 12.5. The van der Waals surface area contributed by atoms with Crippen molar-refractivity contribution in [3.05, 3.63) is 45.5 Å². The molecule has 136 valence electrons. The first kappa shape index (κ1) is 16.5. The van der Waals surface area contributed by atoms with Crippen LogP contribution in [0, 0.1) is 6.92 Å². The van der Waals surface area contributed by atoms with Crippen LogP contribution in [0.5, 0.6) is 0 Å². The molecule has 0 saturated carbocycles. The Morgan fingerprint density at radius 2 is 2.23 bits per heavy atom. The van der Waals surface area contributed by atoms with E-state index in [0.717, 1.165) is 24.3 Å². The fourth-order valence-electron chi connectivity index (χ4n) is 3.31. The summed E-state index contributed by atoms with van der Waals surface area (Å²) in [6.45, 7) is 6.34. The Morgan fingerprint density at radius 3 is 2.96 bits per heavy atom. The highest BCUT2D eigenvalue weighted by molar-refractivity contribution is 5.94. The number of H-pyrrole nitrogens is 1. The minimum absolute atomic E-state index is 0.0191. The van der Waals surface area contributed by atoms with Gasteiger partial charge in [0.1, 0.15) is 22.8 Å². The number of carbonyl (C=O) groups excluding carboxylic acids is 1. The fraction of sp³-hybridized carbons (Fsp3) is 0.471. The van der Waals surface area contributed by atoms with Crippen LogP contribution in [-0.4, -0.2) is 42.1 Å². The van der Waals surface area contributed by atoms with E-state index >= 15 is 0 Å². The molecule has 1 amide bonds. The van der Waals surface area contributed by atoms with Crippen molar-refractivity contribution in [2.45, 2.75) is 45.6 Å². The molecule has 0 aromatic carbocycles. The van der Waals surface area contributed by atoms with E-state index in [1.54, 1.807) is 11.8 Å². The minimum atomic E-state index is -0.450. The number of aromatic nitrogens is 5. The van der Waals surface area contributed by atoms with Gasteiger partial charge in [-0.2, -0.15) is 9.50 Å². The molecule has 0 bridgehead atoms. The summed E-state index contributed by atoms with van der Waals surface area (Å²) in [5, 5.41) is 6.94. The normalized spacial score (nSPS) is 17.5. The highest BCUT2D eigenvalue weighted by Gasteiger charge is 2.34. The van der Waals surface area contributed by atoms with Gasteiger partial charge in [-0.3, -0.25) is 14.7 Å². The van der Waals surface area contributed by atoms with E-state index in [1.807, 2.05) is 19.9 Å². The smallest absolute Gasteiger partial charge is 0.286 e. The number of aromatic amines is 1. The summed E-state index contributed by atoms with van der Waals surface area (Å²) < 4.78 is 6.57. The largest absolute Gasteiger partial charge is 0.361 e. The van der Waals surface area contributed by atoms with Crippen LogP contribution < -0.4 is 5.56 Å². The Kier molecular flexibility index (Phi) is 3.86. The molecule has 0 spiro atoms. The van der Waals surface area contributed by atoms with E-state index in [-0.39, 0.29) is 29.2 Å². The van der Waals surface area contributed by atoms with Crippen molar-refractivity contribution in [3.8, 4) is 0 Å². The van der Waals surface area contributed by atoms with E-state index in [9.17, 15) is 9.59 Å². The van der Waals surface area contributed by atoms with E-state index < -0.39 is 5.56 Å². The van der Waals surface area contributed by atoms with Gasteiger partial charge in [-0.1, -0.05) is 19.0 Å². The van der Waals surface area contributed by atoms with Crippen molar-refractivity contribution in [2.24, 2.45) is 0 Å². The molecule has 1 atom stereocenters. The molecule has 1 fully saturated rings. The van der Waals surface area contributed by atoms with Gasteiger partial charge >= 0.3 is 0 Å². The molecular weight excluding hydrogens is 336 g/mol. The van der Waals surface area contributed by atoms with Crippen molar-refractivity contribution in [3.63, 3.8) is 0 Å². The molecule has 26 heavy (non-hydrogen) atoms. The summed E-state index contributed by atoms with van der Waals surface area (Å²) in [5.41, 5.74) is 0.297. The van der Waals surface area contributed by atoms with Gasteiger partial charge in [0.2, 0.25) is 0 Å². The first-order valence-corrected chi connectivity index (χ1v) is 8.67. The van der Waals surface area contributed by atoms with Gasteiger partial charge < -0.3 is 9.42 Å². The average Bonchev–Trinajstić information content (AvgIpc) is 3.32. The quantitative estimate of drug-likeness (QED) is 0.766. The number of rotatable bonds is 3. The van der Waals surface area contributed by atoms with E-state index in [0.29, 0.717) is 12.4 Å². The number of aryl methyl sites for hydroxylation is 1. The molecule has 3 aromatic rings. The molecule has 3 aromatic heterocycles. The third-order valence-electron chi connectivity index (χ3n) is 4.69. The van der Waals surface area contributed by atoms with Crippen LogP contribution in [0.15, 0.2) is 21.6 Å². The number of nitrogens with zero attached hydrogens (tertiary/aromatic N) is 5. The van der Waals surface area contributed by atoms with Crippen molar-refractivity contribution in [2.75, 3.05) is 6.54 Å². The van der Waals surface area contributed by atoms with E-state index in [1.165, 1.54) is 10.7 Å². The maximum absolute atomic E-state index is 13.0. The Hall–Kier alpha value is -2.97. The van der Waals surface area contributed by atoms with Crippen molar-refractivity contribution in [1.82, 2.24) is 29.6 Å². The molecule has 4 rings (SSSR count). The lowest BCUT2D eigenvalue weighted by Crippen LogP contribution is -2.35. The summed E-state index contributed by atoms with van der Waals surface area (Å²) in [6.07, 6.45) is 2.94. The minimum Gasteiger partial charge on any atom is -0.361 e. The topological polar surface area (TPSA) is 109 Å². The highest BCUT2D eigenvalue weighted by atomic mass is 16.5. The lowest BCUT2D eigenvalue weighted by molar-refractivity contribution is 0.0728. The lowest BCUT2D eigenvalue weighted by Gasteiger charge is -2.22. The maximum Gasteiger partial charge on any atom is 0.286 e. The third kappa shape index (κ3) is 2.59. The van der Waals surface area contributed by atoms with Gasteiger partial charge in [0.05, 0.1) is 6.04 Å². The second-order valence-electron chi connectivity index (χ2n) is 6.89. The Bertz CT molecular complexity index is 1030. The molecule has 1 saturated heterocycles. The van der Waals surface area contributed by atoms with Gasteiger partial charge in [-0.15, -0.1) is 0 Å². The zero-order valence-electron chi connectivity index (χ0n) is 14.9. The van der Waals surface area contributed by atoms with Gasteiger partial charge in [-0.05, 0) is 19.8 Å². The number of nitrogens with one attached hydrogen (secondary N) is 1. The summed E-state index contributed by atoms with van der Waals surface area (Å²) in [6, 6.07) is 1.70. The lowest BCUT2D eigenvalue weighted by atomic mass is 10.1. The summed E-state index contributed by atoms with van der Waals surface area (Å²) in [5.74, 6) is 1.47. The van der Waals surface area contributed by atoms with Crippen LogP contribution in [0.2, 0.25) is 0 Å². The molecule has 9 nitrogen and oxygen atoms in total. The van der Waals surface area contributed by atoms with Crippen LogP contribution >= 0.6 is 0 Å². The van der Waals surface area contributed by atoms with E-state index in [2.05, 4.69) is 20.2 Å². The number of carbonyl (C=O) groups is 1. The Balaban J connectivity index is 1.68. The van der Waals surface area contributed by atoms with Crippen molar-refractivity contribution < 1.29 is 9.32 Å². The summed E-state index contributed by atoms with van der Waals surface area (Å²) >= 11 is 0. The maximum atomic E-state index is 13.0. The predicted octanol–water partition coefficient (Wildman–Crippen LogP) is 1.81. The second-order valence-corrected chi connectivity index (χ2v) is 6.89. The molecule has 0 radical (unpaired) electrons. The van der Waals surface area contributed by atoms with Gasteiger partial charge in [0.25, 0.3) is 17.2 Å². The van der Waals surface area contributed by atoms with Crippen LogP contribution in [0.1, 0.15) is 66.3 Å². The fourth-order valence-corrected chi connectivity index (χ4v) is 3.31. The van der Waals surface area contributed by atoms with E-state index in [4.69, 9.17) is 4.52 Å². The van der Waals surface area contributed by atoms with Crippen molar-refractivity contribution >= 4 is 11.7 Å². The molecule has 4 heterocycles. The number of amides is 1. The zero-order valence-corrected chi connectivity index (χ0v) is 14.9. The third-order valence-corrected chi connectivity index (χ3v) is 4.69. The molecule has 1 aliphatic rings. The number of likely N-dealkylation sites (tertiary alicyclic amines) is 1. The Morgan fingerprint density at radius 1 is 1.42 bits per heavy atom. The second kappa shape index (κ2) is 6.08. The predicted molar refractivity (Wildman–Crippen MR) is 91.9 cm³/mol. The van der Waals surface area contributed by atoms with Crippen LogP contribution in [-0.2, 0) is 0 Å². The highest BCUT2D eigenvalue weighted by Crippen LogP contribution is 2.33. The van der Waals surface area contributed by atoms with Crippen LogP contribution in [0.25, 0.3) is 5.78 Å². The number of fused-ring (bicyclic) bond motifs is 1. The standard InChI is InChI=1S/C17H20N6O3/c1-9(2)14-7-12(21-26-14)13-5-4-6-22(13)15(24)11-8-18-17-19-10(3)20-23(17)16(11)25/h7-9,13H,4-6H2,1-3H3,(H,18,19,20). The molecule has 1 aliphatic heterocycles. The van der Waals surface area contributed by atoms with Crippen LogP contribution in [0.4, 0.5) is 0 Å². The molecule has 9 heteroatoms. The molecule has 1 unspecified atom stereocenters. The Labute approximate surface area is 149 Å².